The summed E-state index contributed by atoms with van der Waals surface area (Å²) in [6.07, 6.45) is 2.87. The van der Waals surface area contributed by atoms with Gasteiger partial charge in [0.15, 0.2) is 0 Å². The standard InChI is InChI=1S/C16H31N3/c1-13(2)17-7-5-16(11-17)6-8-18(12-16)15-9-19(10-15)14(3)4/h13-15H,5-12H2,1-4H3. The minimum absolute atomic E-state index is 0.641. The molecule has 19 heavy (non-hydrogen) atoms. The van der Waals surface area contributed by atoms with E-state index in [1.54, 1.807) is 0 Å². The van der Waals surface area contributed by atoms with Crippen LogP contribution in [0.3, 0.4) is 0 Å². The highest BCUT2D eigenvalue weighted by Gasteiger charge is 2.47. The van der Waals surface area contributed by atoms with Crippen LogP contribution in [-0.4, -0.2) is 72.1 Å². The molecule has 0 amide bonds. The van der Waals surface area contributed by atoms with Crippen molar-refractivity contribution in [3.8, 4) is 0 Å². The van der Waals surface area contributed by atoms with E-state index in [9.17, 15) is 0 Å². The van der Waals surface area contributed by atoms with E-state index in [1.807, 2.05) is 0 Å². The lowest BCUT2D eigenvalue weighted by molar-refractivity contribution is 0.0203. The van der Waals surface area contributed by atoms with E-state index in [1.165, 1.54) is 52.1 Å². The predicted octanol–water partition coefficient (Wildman–Crippen LogP) is 1.89. The SMILES string of the molecule is CC(C)N1CC(N2CCC3(CCN(C(C)C)C3)C2)C1. The molecule has 0 aromatic heterocycles. The van der Waals surface area contributed by atoms with Crippen LogP contribution in [0.2, 0.25) is 0 Å². The fourth-order valence-electron chi connectivity index (χ4n) is 4.17. The second-order valence-corrected chi connectivity index (χ2v) is 7.74. The predicted molar refractivity (Wildman–Crippen MR) is 80.4 cm³/mol. The fourth-order valence-corrected chi connectivity index (χ4v) is 4.17. The van der Waals surface area contributed by atoms with Crippen LogP contribution in [0, 0.1) is 5.41 Å². The molecule has 0 bridgehead atoms. The van der Waals surface area contributed by atoms with E-state index in [-0.39, 0.29) is 0 Å². The van der Waals surface area contributed by atoms with Gasteiger partial charge in [-0.15, -0.1) is 0 Å². The van der Waals surface area contributed by atoms with Gasteiger partial charge in [-0.3, -0.25) is 9.80 Å². The van der Waals surface area contributed by atoms with Gasteiger partial charge in [-0.25, -0.2) is 0 Å². The maximum absolute atomic E-state index is 2.79. The first-order valence-corrected chi connectivity index (χ1v) is 8.21. The van der Waals surface area contributed by atoms with Crippen molar-refractivity contribution < 1.29 is 0 Å². The van der Waals surface area contributed by atoms with E-state index in [4.69, 9.17) is 0 Å². The van der Waals surface area contributed by atoms with Gasteiger partial charge >= 0.3 is 0 Å². The van der Waals surface area contributed by atoms with Gasteiger partial charge in [0.25, 0.3) is 0 Å². The highest BCUT2D eigenvalue weighted by molar-refractivity contribution is 5.01. The quantitative estimate of drug-likeness (QED) is 0.771. The Kier molecular flexibility index (Phi) is 3.65. The molecular formula is C16H31N3. The van der Waals surface area contributed by atoms with Crippen molar-refractivity contribution in [1.29, 1.82) is 0 Å². The molecule has 1 unspecified atom stereocenters. The molecule has 3 aliphatic heterocycles. The van der Waals surface area contributed by atoms with E-state index >= 15 is 0 Å². The number of hydrogen-bond donors (Lipinski definition) is 0. The topological polar surface area (TPSA) is 9.72 Å². The highest BCUT2D eigenvalue weighted by atomic mass is 15.3. The minimum atomic E-state index is 0.641. The molecule has 3 nitrogen and oxygen atoms in total. The molecule has 3 aliphatic rings. The van der Waals surface area contributed by atoms with Crippen LogP contribution < -0.4 is 0 Å². The van der Waals surface area contributed by atoms with Crippen LogP contribution in [0.15, 0.2) is 0 Å². The summed E-state index contributed by atoms with van der Waals surface area (Å²) in [6, 6.07) is 2.32. The Morgan fingerprint density at radius 2 is 1.47 bits per heavy atom. The molecule has 0 radical (unpaired) electrons. The summed E-state index contributed by atoms with van der Waals surface area (Å²) in [6.45, 7) is 17.3. The third-order valence-corrected chi connectivity index (χ3v) is 5.80. The molecule has 1 atom stereocenters. The third kappa shape index (κ3) is 2.57. The zero-order valence-electron chi connectivity index (χ0n) is 13.2. The zero-order chi connectivity index (χ0) is 13.6. The highest BCUT2D eigenvalue weighted by Crippen LogP contribution is 2.41. The first-order chi connectivity index (χ1) is 8.99. The Morgan fingerprint density at radius 1 is 0.842 bits per heavy atom. The van der Waals surface area contributed by atoms with Gasteiger partial charge in [0.1, 0.15) is 0 Å². The van der Waals surface area contributed by atoms with Crippen LogP contribution >= 0.6 is 0 Å². The van der Waals surface area contributed by atoms with Crippen molar-refractivity contribution in [2.75, 3.05) is 39.3 Å². The first-order valence-electron chi connectivity index (χ1n) is 8.21. The third-order valence-electron chi connectivity index (χ3n) is 5.80. The number of rotatable bonds is 3. The van der Waals surface area contributed by atoms with Gasteiger partial charge in [-0.2, -0.15) is 0 Å². The van der Waals surface area contributed by atoms with Gasteiger partial charge in [0.2, 0.25) is 0 Å². The summed E-state index contributed by atoms with van der Waals surface area (Å²) in [7, 11) is 0. The lowest BCUT2D eigenvalue weighted by Gasteiger charge is -2.46. The zero-order valence-corrected chi connectivity index (χ0v) is 13.2. The van der Waals surface area contributed by atoms with E-state index < -0.39 is 0 Å². The molecule has 0 aromatic rings. The summed E-state index contributed by atoms with van der Waals surface area (Å²) in [5.74, 6) is 0. The van der Waals surface area contributed by atoms with E-state index in [0.29, 0.717) is 5.41 Å². The number of nitrogens with zero attached hydrogens (tertiary/aromatic N) is 3. The van der Waals surface area contributed by atoms with Gasteiger partial charge in [-0.1, -0.05) is 0 Å². The molecule has 0 aromatic carbocycles. The van der Waals surface area contributed by atoms with Crippen molar-refractivity contribution in [2.24, 2.45) is 5.41 Å². The van der Waals surface area contributed by atoms with Crippen LogP contribution in [-0.2, 0) is 0 Å². The second-order valence-electron chi connectivity index (χ2n) is 7.74. The normalized spacial score (nSPS) is 35.1. The molecule has 110 valence electrons. The van der Waals surface area contributed by atoms with Crippen molar-refractivity contribution in [2.45, 2.75) is 58.7 Å². The molecule has 1 spiro atoms. The van der Waals surface area contributed by atoms with Crippen molar-refractivity contribution in [3.05, 3.63) is 0 Å². The van der Waals surface area contributed by atoms with E-state index in [2.05, 4.69) is 42.4 Å². The fraction of sp³-hybridized carbons (Fsp3) is 1.00. The first kappa shape index (κ1) is 13.8. The van der Waals surface area contributed by atoms with Gasteiger partial charge in [0.05, 0.1) is 0 Å². The summed E-state index contributed by atoms with van der Waals surface area (Å²) in [5.41, 5.74) is 0.641. The van der Waals surface area contributed by atoms with Crippen LogP contribution in [0.25, 0.3) is 0 Å². The van der Waals surface area contributed by atoms with Gasteiger partial charge in [-0.05, 0) is 59.0 Å². The minimum Gasteiger partial charge on any atom is -0.300 e. The maximum Gasteiger partial charge on any atom is 0.0350 e. The largest absolute Gasteiger partial charge is 0.300 e. The summed E-state index contributed by atoms with van der Waals surface area (Å²) in [4.78, 5) is 8.08. The molecule has 0 saturated carbocycles. The van der Waals surface area contributed by atoms with Crippen molar-refractivity contribution >= 4 is 0 Å². The van der Waals surface area contributed by atoms with Crippen LogP contribution in [0.4, 0.5) is 0 Å². The van der Waals surface area contributed by atoms with Crippen LogP contribution in [0.5, 0.6) is 0 Å². The lowest BCUT2D eigenvalue weighted by atomic mass is 9.86. The molecule has 3 heteroatoms. The average Bonchev–Trinajstić information content (AvgIpc) is 2.85. The molecule has 0 aliphatic carbocycles. The smallest absolute Gasteiger partial charge is 0.0350 e. The Morgan fingerprint density at radius 3 is 2.05 bits per heavy atom. The van der Waals surface area contributed by atoms with Crippen molar-refractivity contribution in [3.63, 3.8) is 0 Å². The number of likely N-dealkylation sites (tertiary alicyclic amines) is 3. The van der Waals surface area contributed by atoms with Crippen LogP contribution in [0.1, 0.15) is 40.5 Å². The lowest BCUT2D eigenvalue weighted by Crippen LogP contribution is -2.60. The van der Waals surface area contributed by atoms with Gasteiger partial charge in [0, 0.05) is 44.3 Å². The maximum atomic E-state index is 2.79. The van der Waals surface area contributed by atoms with Crippen molar-refractivity contribution in [1.82, 2.24) is 14.7 Å². The summed E-state index contributed by atoms with van der Waals surface area (Å²) >= 11 is 0. The Balaban J connectivity index is 1.51. The molecule has 3 heterocycles. The molecule has 0 N–H and O–H groups in total. The molecule has 3 fully saturated rings. The monoisotopic (exact) mass is 265 g/mol. The number of hydrogen-bond acceptors (Lipinski definition) is 3. The average molecular weight is 265 g/mol. The molecule has 3 rings (SSSR count). The summed E-state index contributed by atoms with van der Waals surface area (Å²) < 4.78 is 0. The molecule has 3 saturated heterocycles. The second kappa shape index (κ2) is 5.01. The Labute approximate surface area is 118 Å². The Bertz CT molecular complexity index is 322. The summed E-state index contributed by atoms with van der Waals surface area (Å²) in [5, 5.41) is 0. The van der Waals surface area contributed by atoms with Gasteiger partial charge < -0.3 is 4.90 Å². The van der Waals surface area contributed by atoms with E-state index in [0.717, 1.165) is 18.1 Å². The Hall–Kier alpha value is -0.120. The molecular weight excluding hydrogens is 234 g/mol.